The maximum atomic E-state index is 5.85. The Bertz CT molecular complexity index is 190. The molecule has 0 radical (unpaired) electrons. The summed E-state index contributed by atoms with van der Waals surface area (Å²) in [7, 11) is 6.00. The lowest BCUT2D eigenvalue weighted by Gasteiger charge is -2.26. The number of likely N-dealkylation sites (N-methyl/N-ethyl adjacent to an activating group) is 2. The summed E-state index contributed by atoms with van der Waals surface area (Å²) in [6.07, 6.45) is 1.21. The zero-order chi connectivity index (χ0) is 9.84. The van der Waals surface area contributed by atoms with Crippen LogP contribution in [-0.4, -0.2) is 62.5 Å². The van der Waals surface area contributed by atoms with Crippen molar-refractivity contribution in [1.29, 1.82) is 0 Å². The Labute approximate surface area is 80.4 Å². The summed E-state index contributed by atoms with van der Waals surface area (Å²) in [6, 6.07) is 0.289. The normalized spacial score (nSPS) is 28.8. The molecule has 0 aromatic rings. The number of aliphatic imine (C=N–C) groups is 1. The van der Waals surface area contributed by atoms with Crippen molar-refractivity contribution in [2.75, 3.05) is 40.8 Å². The molecule has 1 fully saturated rings. The molecule has 1 aliphatic rings. The highest BCUT2D eigenvalue weighted by molar-refractivity contribution is 5.85. The van der Waals surface area contributed by atoms with Gasteiger partial charge in [-0.2, -0.15) is 0 Å². The number of nitrogens with two attached hydrogens (primary N) is 1. The lowest BCUT2D eigenvalue weighted by Crippen LogP contribution is -2.47. The summed E-state index contributed by atoms with van der Waals surface area (Å²) in [6.45, 7) is 3.24. The molecular formula is C9H20N4. The van der Waals surface area contributed by atoms with Crippen molar-refractivity contribution in [3.8, 4) is 0 Å². The number of rotatable bonds is 1. The SMILES string of the molecule is CN=C(N)C1CN(C)CCCN1C. The molecule has 1 heterocycles. The Morgan fingerprint density at radius 1 is 1.38 bits per heavy atom. The van der Waals surface area contributed by atoms with E-state index in [1.165, 1.54) is 6.42 Å². The molecular weight excluding hydrogens is 164 g/mol. The van der Waals surface area contributed by atoms with E-state index in [4.69, 9.17) is 5.73 Å². The third kappa shape index (κ3) is 2.67. The van der Waals surface area contributed by atoms with Crippen LogP contribution < -0.4 is 5.73 Å². The van der Waals surface area contributed by atoms with Crippen LogP contribution in [0.1, 0.15) is 6.42 Å². The van der Waals surface area contributed by atoms with Crippen LogP contribution in [0.4, 0.5) is 0 Å². The van der Waals surface area contributed by atoms with Gasteiger partial charge < -0.3 is 10.6 Å². The minimum absolute atomic E-state index is 0.289. The molecule has 0 saturated carbocycles. The van der Waals surface area contributed by atoms with Crippen LogP contribution in [0.2, 0.25) is 0 Å². The highest BCUT2D eigenvalue weighted by Gasteiger charge is 2.22. The molecule has 0 aromatic heterocycles. The average molecular weight is 184 g/mol. The summed E-state index contributed by atoms with van der Waals surface area (Å²) in [5.41, 5.74) is 5.85. The number of nitrogens with zero attached hydrogens (tertiary/aromatic N) is 3. The van der Waals surface area contributed by atoms with E-state index in [2.05, 4.69) is 28.9 Å². The second kappa shape index (κ2) is 4.58. The molecule has 1 atom stereocenters. The van der Waals surface area contributed by atoms with Crippen LogP contribution in [-0.2, 0) is 0 Å². The van der Waals surface area contributed by atoms with E-state index < -0.39 is 0 Å². The van der Waals surface area contributed by atoms with Gasteiger partial charge in [0.2, 0.25) is 0 Å². The molecule has 1 unspecified atom stereocenters. The Hall–Kier alpha value is -0.610. The van der Waals surface area contributed by atoms with Crippen molar-refractivity contribution in [2.24, 2.45) is 10.7 Å². The zero-order valence-electron chi connectivity index (χ0n) is 8.82. The van der Waals surface area contributed by atoms with E-state index >= 15 is 0 Å². The molecule has 1 aliphatic heterocycles. The third-order valence-electron chi connectivity index (χ3n) is 2.67. The van der Waals surface area contributed by atoms with E-state index in [0.29, 0.717) is 0 Å². The molecule has 0 aliphatic carbocycles. The van der Waals surface area contributed by atoms with Gasteiger partial charge in [-0.05, 0) is 33.6 Å². The van der Waals surface area contributed by atoms with Gasteiger partial charge in [0.1, 0.15) is 5.84 Å². The first-order valence-corrected chi connectivity index (χ1v) is 4.76. The van der Waals surface area contributed by atoms with Gasteiger partial charge in [-0.3, -0.25) is 9.89 Å². The van der Waals surface area contributed by atoms with Crippen molar-refractivity contribution in [3.63, 3.8) is 0 Å². The van der Waals surface area contributed by atoms with Crippen LogP contribution >= 0.6 is 0 Å². The largest absolute Gasteiger partial charge is 0.386 e. The van der Waals surface area contributed by atoms with E-state index in [9.17, 15) is 0 Å². The summed E-state index contributed by atoms with van der Waals surface area (Å²) in [5.74, 6) is 0.747. The molecule has 4 heteroatoms. The second-order valence-corrected chi connectivity index (χ2v) is 3.76. The quantitative estimate of drug-likeness (QED) is 0.446. The predicted molar refractivity (Wildman–Crippen MR) is 56.1 cm³/mol. The van der Waals surface area contributed by atoms with Crippen molar-refractivity contribution >= 4 is 5.84 Å². The molecule has 0 aromatic carbocycles. The van der Waals surface area contributed by atoms with Gasteiger partial charge in [0.05, 0.1) is 6.04 Å². The van der Waals surface area contributed by atoms with Gasteiger partial charge in [0.25, 0.3) is 0 Å². The summed E-state index contributed by atoms with van der Waals surface area (Å²) in [5, 5.41) is 0. The van der Waals surface area contributed by atoms with Gasteiger partial charge in [0, 0.05) is 13.6 Å². The highest BCUT2D eigenvalue weighted by atomic mass is 15.2. The number of amidine groups is 1. The molecule has 13 heavy (non-hydrogen) atoms. The topological polar surface area (TPSA) is 44.9 Å². The number of hydrogen-bond acceptors (Lipinski definition) is 3. The van der Waals surface area contributed by atoms with Gasteiger partial charge >= 0.3 is 0 Å². The number of hydrogen-bond donors (Lipinski definition) is 1. The first-order chi connectivity index (χ1) is 6.15. The van der Waals surface area contributed by atoms with Crippen molar-refractivity contribution in [1.82, 2.24) is 9.80 Å². The van der Waals surface area contributed by atoms with Gasteiger partial charge in [-0.25, -0.2) is 0 Å². The summed E-state index contributed by atoms with van der Waals surface area (Å²) >= 11 is 0. The van der Waals surface area contributed by atoms with Crippen LogP contribution in [0, 0.1) is 0 Å². The average Bonchev–Trinajstić information content (AvgIpc) is 2.27. The molecule has 76 valence electrons. The molecule has 2 N–H and O–H groups in total. The molecule has 1 saturated heterocycles. The fourth-order valence-electron chi connectivity index (χ4n) is 1.74. The van der Waals surface area contributed by atoms with E-state index in [1.807, 2.05) is 0 Å². The predicted octanol–water partition coefficient (Wildman–Crippen LogP) is -0.391. The summed E-state index contributed by atoms with van der Waals surface area (Å²) in [4.78, 5) is 8.66. The Morgan fingerprint density at radius 3 is 2.69 bits per heavy atom. The molecule has 4 nitrogen and oxygen atoms in total. The van der Waals surface area contributed by atoms with Crippen LogP contribution in [0.25, 0.3) is 0 Å². The van der Waals surface area contributed by atoms with E-state index in [1.54, 1.807) is 7.05 Å². The monoisotopic (exact) mass is 184 g/mol. The second-order valence-electron chi connectivity index (χ2n) is 3.76. The molecule has 1 rings (SSSR count). The Morgan fingerprint density at radius 2 is 2.08 bits per heavy atom. The van der Waals surface area contributed by atoms with Crippen LogP contribution in [0.15, 0.2) is 4.99 Å². The van der Waals surface area contributed by atoms with Crippen molar-refractivity contribution in [2.45, 2.75) is 12.5 Å². The van der Waals surface area contributed by atoms with E-state index in [0.717, 1.165) is 25.5 Å². The fraction of sp³-hybridized carbons (Fsp3) is 0.889. The Kier molecular flexibility index (Phi) is 3.69. The lowest BCUT2D eigenvalue weighted by molar-refractivity contribution is 0.278. The maximum Gasteiger partial charge on any atom is 0.112 e. The standard InChI is InChI=1S/C9H20N4/c1-11-9(10)8-7-12(2)5-4-6-13(8)3/h8H,4-7H2,1-3H3,(H2,10,11). The zero-order valence-corrected chi connectivity index (χ0v) is 8.82. The first-order valence-electron chi connectivity index (χ1n) is 4.76. The lowest BCUT2D eigenvalue weighted by atomic mass is 10.2. The van der Waals surface area contributed by atoms with Gasteiger partial charge in [0.15, 0.2) is 0 Å². The van der Waals surface area contributed by atoms with Gasteiger partial charge in [-0.1, -0.05) is 0 Å². The first kappa shape index (κ1) is 10.5. The van der Waals surface area contributed by atoms with Gasteiger partial charge in [-0.15, -0.1) is 0 Å². The smallest absolute Gasteiger partial charge is 0.112 e. The fourth-order valence-corrected chi connectivity index (χ4v) is 1.74. The van der Waals surface area contributed by atoms with Crippen molar-refractivity contribution < 1.29 is 0 Å². The minimum atomic E-state index is 0.289. The summed E-state index contributed by atoms with van der Waals surface area (Å²) < 4.78 is 0. The van der Waals surface area contributed by atoms with Crippen LogP contribution in [0.3, 0.4) is 0 Å². The minimum Gasteiger partial charge on any atom is -0.386 e. The van der Waals surface area contributed by atoms with Crippen LogP contribution in [0.5, 0.6) is 0 Å². The Balaban J connectivity index is 2.67. The molecule has 0 amide bonds. The third-order valence-corrected chi connectivity index (χ3v) is 2.67. The van der Waals surface area contributed by atoms with E-state index in [-0.39, 0.29) is 6.04 Å². The maximum absolute atomic E-state index is 5.85. The highest BCUT2D eigenvalue weighted by Crippen LogP contribution is 2.06. The molecule has 0 spiro atoms. The van der Waals surface area contributed by atoms with Crippen molar-refractivity contribution in [3.05, 3.63) is 0 Å². The molecule has 0 bridgehead atoms.